The molecule has 0 fully saturated rings. The van der Waals surface area contributed by atoms with Gasteiger partial charge >= 0.3 is 0 Å². The van der Waals surface area contributed by atoms with Crippen LogP contribution in [0.15, 0.2) is 91.1 Å². The Balaban J connectivity index is 1.67. The topological polar surface area (TPSA) is 38.3 Å². The van der Waals surface area contributed by atoms with Crippen LogP contribution in [0.4, 0.5) is 5.69 Å². The molecular weight excluding hydrogens is 346 g/mol. The number of anilines is 1. The standard InChI is InChI=1S/C25H25NO2/c1-25(2,3)20-15-13-19(14-16-20)23(27)17-18-26-22-11-7-8-12-24(22)28-21-9-5-4-6-10-21/h4-18,26H,1-3H3/b18-17+. The van der Waals surface area contributed by atoms with Gasteiger partial charge in [0.1, 0.15) is 5.75 Å². The number of allylic oxidation sites excluding steroid dienone is 1. The summed E-state index contributed by atoms with van der Waals surface area (Å²) in [4.78, 5) is 12.4. The van der Waals surface area contributed by atoms with Crippen molar-refractivity contribution in [1.29, 1.82) is 0 Å². The van der Waals surface area contributed by atoms with Crippen LogP contribution < -0.4 is 10.1 Å². The molecule has 0 aliphatic rings. The SMILES string of the molecule is CC(C)(C)c1ccc(C(=O)/C=C/Nc2ccccc2Oc2ccccc2)cc1. The Hall–Kier alpha value is -3.33. The molecule has 0 atom stereocenters. The molecule has 3 aromatic carbocycles. The van der Waals surface area contributed by atoms with Gasteiger partial charge < -0.3 is 10.1 Å². The van der Waals surface area contributed by atoms with E-state index in [0.717, 1.165) is 11.4 Å². The number of para-hydroxylation sites is 3. The van der Waals surface area contributed by atoms with Gasteiger partial charge in [-0.1, -0.05) is 75.4 Å². The monoisotopic (exact) mass is 371 g/mol. The number of nitrogens with one attached hydrogen (secondary N) is 1. The van der Waals surface area contributed by atoms with Gasteiger partial charge in [-0.05, 0) is 35.2 Å². The van der Waals surface area contributed by atoms with E-state index in [0.29, 0.717) is 11.3 Å². The van der Waals surface area contributed by atoms with Crippen molar-refractivity contribution in [3.05, 3.63) is 102 Å². The average Bonchev–Trinajstić information content (AvgIpc) is 2.69. The molecule has 0 aliphatic carbocycles. The highest BCUT2D eigenvalue weighted by atomic mass is 16.5. The van der Waals surface area contributed by atoms with Crippen LogP contribution in [0.2, 0.25) is 0 Å². The summed E-state index contributed by atoms with van der Waals surface area (Å²) in [7, 11) is 0. The first kappa shape index (κ1) is 19.4. The van der Waals surface area contributed by atoms with Gasteiger partial charge in [0, 0.05) is 17.8 Å². The summed E-state index contributed by atoms with van der Waals surface area (Å²) in [6, 6.07) is 25.0. The maximum atomic E-state index is 12.4. The summed E-state index contributed by atoms with van der Waals surface area (Å²) in [5.41, 5.74) is 2.73. The average molecular weight is 371 g/mol. The Morgan fingerprint density at radius 1 is 0.857 bits per heavy atom. The fraction of sp³-hybridized carbons (Fsp3) is 0.160. The summed E-state index contributed by atoms with van der Waals surface area (Å²) in [5, 5.41) is 3.14. The fourth-order valence-electron chi connectivity index (χ4n) is 2.73. The summed E-state index contributed by atoms with van der Waals surface area (Å²) in [6.45, 7) is 6.47. The summed E-state index contributed by atoms with van der Waals surface area (Å²) in [6.07, 6.45) is 3.18. The number of carbonyl (C=O) groups is 1. The van der Waals surface area contributed by atoms with Crippen LogP contribution in [0.25, 0.3) is 0 Å². The van der Waals surface area contributed by atoms with Crippen molar-refractivity contribution in [1.82, 2.24) is 0 Å². The van der Waals surface area contributed by atoms with Crippen LogP contribution in [0.5, 0.6) is 11.5 Å². The zero-order valence-electron chi connectivity index (χ0n) is 16.5. The van der Waals surface area contributed by atoms with Crippen LogP contribution >= 0.6 is 0 Å². The highest BCUT2D eigenvalue weighted by Gasteiger charge is 2.13. The molecule has 3 nitrogen and oxygen atoms in total. The van der Waals surface area contributed by atoms with E-state index in [1.165, 1.54) is 11.6 Å². The highest BCUT2D eigenvalue weighted by Crippen LogP contribution is 2.29. The number of hydrogen-bond donors (Lipinski definition) is 1. The predicted octanol–water partition coefficient (Wildman–Crippen LogP) is 6.58. The smallest absolute Gasteiger partial charge is 0.187 e. The molecule has 0 heterocycles. The first-order chi connectivity index (χ1) is 13.4. The molecule has 142 valence electrons. The molecule has 28 heavy (non-hydrogen) atoms. The van der Waals surface area contributed by atoms with Crippen molar-refractivity contribution in [3.63, 3.8) is 0 Å². The number of rotatable bonds is 6. The van der Waals surface area contributed by atoms with E-state index in [1.807, 2.05) is 78.9 Å². The Bertz CT molecular complexity index is 952. The molecule has 0 amide bonds. The van der Waals surface area contributed by atoms with E-state index in [1.54, 1.807) is 6.20 Å². The second-order valence-electron chi connectivity index (χ2n) is 7.58. The Morgan fingerprint density at radius 2 is 1.50 bits per heavy atom. The number of carbonyl (C=O) groups excluding carboxylic acids is 1. The van der Waals surface area contributed by atoms with Gasteiger partial charge in [0.05, 0.1) is 5.69 Å². The van der Waals surface area contributed by atoms with Crippen molar-refractivity contribution >= 4 is 11.5 Å². The molecule has 0 saturated heterocycles. The lowest BCUT2D eigenvalue weighted by molar-refractivity contribution is 0.104. The second-order valence-corrected chi connectivity index (χ2v) is 7.58. The third-order valence-electron chi connectivity index (χ3n) is 4.37. The largest absolute Gasteiger partial charge is 0.455 e. The lowest BCUT2D eigenvalue weighted by Gasteiger charge is -2.18. The minimum atomic E-state index is -0.0468. The third kappa shape index (κ3) is 5.10. The van der Waals surface area contributed by atoms with Crippen LogP contribution in [0.1, 0.15) is 36.7 Å². The molecule has 3 heteroatoms. The van der Waals surface area contributed by atoms with Crippen molar-refractivity contribution in [2.45, 2.75) is 26.2 Å². The number of ether oxygens (including phenoxy) is 1. The Kier molecular flexibility index (Phi) is 5.95. The number of benzene rings is 3. The van der Waals surface area contributed by atoms with E-state index < -0.39 is 0 Å². The fourth-order valence-corrected chi connectivity index (χ4v) is 2.73. The van der Waals surface area contributed by atoms with E-state index >= 15 is 0 Å². The molecule has 0 aliphatic heterocycles. The minimum absolute atomic E-state index is 0.0468. The van der Waals surface area contributed by atoms with Crippen molar-refractivity contribution in [2.75, 3.05) is 5.32 Å². The minimum Gasteiger partial charge on any atom is -0.455 e. The second kappa shape index (κ2) is 8.57. The molecule has 0 aromatic heterocycles. The maximum Gasteiger partial charge on any atom is 0.187 e. The maximum absolute atomic E-state index is 12.4. The molecular formula is C25H25NO2. The Morgan fingerprint density at radius 3 is 2.18 bits per heavy atom. The zero-order valence-corrected chi connectivity index (χ0v) is 16.5. The lowest BCUT2D eigenvalue weighted by Crippen LogP contribution is -2.11. The number of ketones is 1. The quantitative estimate of drug-likeness (QED) is 0.392. The van der Waals surface area contributed by atoms with E-state index in [-0.39, 0.29) is 11.2 Å². The van der Waals surface area contributed by atoms with Crippen LogP contribution in [0, 0.1) is 0 Å². The molecule has 0 unspecified atom stereocenters. The Labute approximate surface area is 166 Å². The van der Waals surface area contributed by atoms with Gasteiger partial charge in [0.2, 0.25) is 0 Å². The predicted molar refractivity (Wildman–Crippen MR) is 115 cm³/mol. The number of hydrogen-bond acceptors (Lipinski definition) is 3. The molecule has 0 saturated carbocycles. The highest BCUT2D eigenvalue weighted by molar-refractivity contribution is 6.04. The lowest BCUT2D eigenvalue weighted by atomic mass is 9.86. The molecule has 0 radical (unpaired) electrons. The van der Waals surface area contributed by atoms with E-state index in [2.05, 4.69) is 26.1 Å². The van der Waals surface area contributed by atoms with Crippen LogP contribution in [0.3, 0.4) is 0 Å². The van der Waals surface area contributed by atoms with Gasteiger partial charge in [0.15, 0.2) is 11.5 Å². The molecule has 0 bridgehead atoms. The summed E-state index contributed by atoms with van der Waals surface area (Å²) >= 11 is 0. The summed E-state index contributed by atoms with van der Waals surface area (Å²) < 4.78 is 5.92. The third-order valence-corrected chi connectivity index (χ3v) is 4.37. The first-order valence-electron chi connectivity index (χ1n) is 9.33. The molecule has 3 rings (SSSR count). The van der Waals surface area contributed by atoms with Crippen molar-refractivity contribution in [2.24, 2.45) is 0 Å². The van der Waals surface area contributed by atoms with Gasteiger partial charge in [-0.25, -0.2) is 0 Å². The van der Waals surface area contributed by atoms with Crippen LogP contribution in [-0.2, 0) is 5.41 Å². The first-order valence-corrected chi connectivity index (χ1v) is 9.33. The van der Waals surface area contributed by atoms with Gasteiger partial charge in [-0.2, -0.15) is 0 Å². The zero-order chi connectivity index (χ0) is 20.0. The normalized spacial score (nSPS) is 11.4. The van der Waals surface area contributed by atoms with Crippen molar-refractivity contribution < 1.29 is 9.53 Å². The van der Waals surface area contributed by atoms with Gasteiger partial charge in [0.25, 0.3) is 0 Å². The molecule has 1 N–H and O–H groups in total. The molecule has 0 spiro atoms. The van der Waals surface area contributed by atoms with Gasteiger partial charge in [-0.3, -0.25) is 4.79 Å². The van der Waals surface area contributed by atoms with E-state index in [4.69, 9.17) is 4.74 Å². The van der Waals surface area contributed by atoms with Crippen LogP contribution in [-0.4, -0.2) is 5.78 Å². The summed E-state index contributed by atoms with van der Waals surface area (Å²) in [5.74, 6) is 1.41. The van der Waals surface area contributed by atoms with Gasteiger partial charge in [-0.15, -0.1) is 0 Å². The van der Waals surface area contributed by atoms with E-state index in [9.17, 15) is 4.79 Å². The molecule has 3 aromatic rings. The van der Waals surface area contributed by atoms with Crippen molar-refractivity contribution in [3.8, 4) is 11.5 Å².